The Hall–Kier alpha value is -2.93. The molecule has 0 fully saturated rings. The summed E-state index contributed by atoms with van der Waals surface area (Å²) < 4.78 is 27.6. The van der Waals surface area contributed by atoms with Crippen LogP contribution in [0, 0.1) is 5.82 Å². The molecule has 0 bridgehead atoms. The summed E-state index contributed by atoms with van der Waals surface area (Å²) in [5, 5.41) is 0.895. The molecule has 0 spiro atoms. The highest BCUT2D eigenvalue weighted by molar-refractivity contribution is 7.84. The summed E-state index contributed by atoms with van der Waals surface area (Å²) in [6, 6.07) is 10.5. The first-order valence-electron chi connectivity index (χ1n) is 7.52. The number of rotatable bonds is 3. The van der Waals surface area contributed by atoms with Crippen LogP contribution in [0.5, 0.6) is 0 Å². The molecular weight excluding hydrogens is 339 g/mol. The van der Waals surface area contributed by atoms with Crippen LogP contribution in [0.2, 0.25) is 0 Å². The van der Waals surface area contributed by atoms with Gasteiger partial charge in [0, 0.05) is 42.0 Å². The number of para-hydroxylation sites is 1. The number of fused-ring (bicyclic) bond motifs is 1. The van der Waals surface area contributed by atoms with E-state index in [-0.39, 0.29) is 5.69 Å². The second-order valence-electron chi connectivity index (χ2n) is 5.44. The maximum atomic E-state index is 13.8. The van der Waals surface area contributed by atoms with Crippen molar-refractivity contribution < 1.29 is 8.60 Å². The Morgan fingerprint density at radius 2 is 1.80 bits per heavy atom. The molecule has 124 valence electrons. The van der Waals surface area contributed by atoms with Gasteiger partial charge in [0.1, 0.15) is 11.5 Å². The van der Waals surface area contributed by atoms with Crippen molar-refractivity contribution >= 4 is 21.7 Å². The molecule has 0 aliphatic rings. The smallest absolute Gasteiger partial charge is 0.234 e. The molecular formula is C18H13FN4OS. The maximum absolute atomic E-state index is 13.8. The molecule has 4 aromatic rings. The van der Waals surface area contributed by atoms with E-state index in [9.17, 15) is 8.60 Å². The fourth-order valence-corrected chi connectivity index (χ4v) is 3.45. The fraction of sp³-hybridized carbons (Fsp3) is 0.0556. The fourth-order valence-electron chi connectivity index (χ4n) is 2.71. The zero-order valence-corrected chi connectivity index (χ0v) is 14.1. The zero-order valence-electron chi connectivity index (χ0n) is 13.3. The van der Waals surface area contributed by atoms with E-state index in [1.165, 1.54) is 30.7 Å². The molecule has 5 nitrogen and oxygen atoms in total. The summed E-state index contributed by atoms with van der Waals surface area (Å²) in [4.78, 5) is 13.4. The first-order chi connectivity index (χ1) is 12.1. The van der Waals surface area contributed by atoms with Crippen LogP contribution in [0.1, 0.15) is 0 Å². The summed E-state index contributed by atoms with van der Waals surface area (Å²) in [6.45, 7) is 0. The third-order valence-corrected chi connectivity index (χ3v) is 4.82. The van der Waals surface area contributed by atoms with E-state index in [1.807, 2.05) is 24.3 Å². The van der Waals surface area contributed by atoms with Crippen LogP contribution in [-0.2, 0) is 10.8 Å². The van der Waals surface area contributed by atoms with Crippen LogP contribution in [0.15, 0.2) is 66.1 Å². The number of aromatic nitrogens is 4. The third-order valence-electron chi connectivity index (χ3n) is 3.87. The summed E-state index contributed by atoms with van der Waals surface area (Å²) in [6.07, 6.45) is 8.00. The van der Waals surface area contributed by atoms with Gasteiger partial charge >= 0.3 is 0 Å². The summed E-state index contributed by atoms with van der Waals surface area (Å²) >= 11 is 0. The summed E-state index contributed by atoms with van der Waals surface area (Å²) in [7, 11) is -1.13. The second-order valence-corrected chi connectivity index (χ2v) is 6.79. The van der Waals surface area contributed by atoms with E-state index >= 15 is 0 Å². The predicted octanol–water partition coefficient (Wildman–Crippen LogP) is 3.36. The van der Waals surface area contributed by atoms with Gasteiger partial charge in [0.2, 0.25) is 5.95 Å². The Balaban J connectivity index is 1.83. The standard InChI is InChI=1S/C18H13FN4OS/c1-25(24)16-11-23(15-7-3-2-5-13(15)16)18-21-9-12(10-22-18)17-14(19)6-4-8-20-17/h2-11H,1H3. The average molecular weight is 352 g/mol. The lowest BCUT2D eigenvalue weighted by atomic mass is 10.2. The van der Waals surface area contributed by atoms with Crippen molar-refractivity contribution in [3.05, 3.63) is 67.0 Å². The normalized spacial score (nSPS) is 12.4. The lowest BCUT2D eigenvalue weighted by Crippen LogP contribution is -2.00. The topological polar surface area (TPSA) is 60.7 Å². The van der Waals surface area contributed by atoms with Gasteiger partial charge in [-0.1, -0.05) is 18.2 Å². The van der Waals surface area contributed by atoms with E-state index in [0.717, 1.165) is 15.8 Å². The summed E-state index contributed by atoms with van der Waals surface area (Å²) in [5.41, 5.74) is 1.57. The number of hydrogen-bond donors (Lipinski definition) is 0. The highest BCUT2D eigenvalue weighted by atomic mass is 32.2. The molecule has 25 heavy (non-hydrogen) atoms. The van der Waals surface area contributed by atoms with Gasteiger partial charge in [0.15, 0.2) is 0 Å². The lowest BCUT2D eigenvalue weighted by molar-refractivity contribution is 0.625. The van der Waals surface area contributed by atoms with E-state index in [2.05, 4.69) is 15.0 Å². The monoisotopic (exact) mass is 352 g/mol. The minimum Gasteiger partial charge on any atom is -0.284 e. The third kappa shape index (κ3) is 2.72. The number of halogens is 1. The first kappa shape index (κ1) is 15.6. The van der Waals surface area contributed by atoms with Crippen molar-refractivity contribution in [2.24, 2.45) is 0 Å². The van der Waals surface area contributed by atoms with Gasteiger partial charge in [-0.15, -0.1) is 0 Å². The number of hydrogen-bond acceptors (Lipinski definition) is 4. The van der Waals surface area contributed by atoms with Crippen LogP contribution in [0.4, 0.5) is 4.39 Å². The van der Waals surface area contributed by atoms with Gasteiger partial charge in [0.05, 0.1) is 21.2 Å². The van der Waals surface area contributed by atoms with Gasteiger partial charge in [-0.2, -0.15) is 0 Å². The molecule has 0 N–H and O–H groups in total. The van der Waals surface area contributed by atoms with Crippen molar-refractivity contribution in [3.63, 3.8) is 0 Å². The van der Waals surface area contributed by atoms with Gasteiger partial charge in [-0.3, -0.25) is 13.8 Å². The molecule has 0 amide bonds. The molecule has 1 aromatic carbocycles. The van der Waals surface area contributed by atoms with E-state index in [1.54, 1.807) is 17.0 Å². The molecule has 3 aromatic heterocycles. The van der Waals surface area contributed by atoms with E-state index in [4.69, 9.17) is 0 Å². The SMILES string of the molecule is CS(=O)c1cn(-c2ncc(-c3ncccc3F)cn2)c2ccccc12. The van der Waals surface area contributed by atoms with Crippen molar-refractivity contribution in [3.8, 4) is 17.2 Å². The molecule has 1 atom stereocenters. The van der Waals surface area contributed by atoms with Crippen LogP contribution in [-0.4, -0.2) is 30.0 Å². The minimum absolute atomic E-state index is 0.210. The highest BCUT2D eigenvalue weighted by Gasteiger charge is 2.14. The Bertz CT molecular complexity index is 1090. The predicted molar refractivity (Wildman–Crippen MR) is 94.4 cm³/mol. The van der Waals surface area contributed by atoms with Crippen molar-refractivity contribution in [1.82, 2.24) is 19.5 Å². The molecule has 0 saturated heterocycles. The maximum Gasteiger partial charge on any atom is 0.234 e. The van der Waals surface area contributed by atoms with E-state index in [0.29, 0.717) is 11.5 Å². The van der Waals surface area contributed by atoms with Crippen LogP contribution in [0.25, 0.3) is 28.1 Å². The quantitative estimate of drug-likeness (QED) is 0.567. The van der Waals surface area contributed by atoms with Crippen molar-refractivity contribution in [1.29, 1.82) is 0 Å². The van der Waals surface area contributed by atoms with Gasteiger partial charge in [0.25, 0.3) is 0 Å². The molecule has 3 heterocycles. The number of nitrogens with zero attached hydrogens (tertiary/aromatic N) is 4. The molecule has 0 aliphatic heterocycles. The van der Waals surface area contributed by atoms with Gasteiger partial charge in [-0.25, -0.2) is 14.4 Å². The Labute approximate surface area is 145 Å². The molecule has 4 rings (SSSR count). The zero-order chi connectivity index (χ0) is 17.4. The Kier molecular flexibility index (Phi) is 3.85. The molecule has 0 saturated carbocycles. The molecule has 1 unspecified atom stereocenters. The van der Waals surface area contributed by atoms with Gasteiger partial charge in [-0.05, 0) is 18.2 Å². The summed E-state index contributed by atoms with van der Waals surface area (Å²) in [5.74, 6) is 0.00178. The second kappa shape index (κ2) is 6.18. The lowest BCUT2D eigenvalue weighted by Gasteiger charge is -2.05. The average Bonchev–Trinajstić information content (AvgIpc) is 3.02. The number of benzene rings is 1. The number of pyridine rings is 1. The van der Waals surface area contributed by atoms with Crippen LogP contribution < -0.4 is 0 Å². The van der Waals surface area contributed by atoms with Crippen LogP contribution >= 0.6 is 0 Å². The first-order valence-corrected chi connectivity index (χ1v) is 9.08. The highest BCUT2D eigenvalue weighted by Crippen LogP contribution is 2.26. The molecule has 0 radical (unpaired) electrons. The minimum atomic E-state index is -1.13. The van der Waals surface area contributed by atoms with Crippen molar-refractivity contribution in [2.45, 2.75) is 4.90 Å². The van der Waals surface area contributed by atoms with Gasteiger partial charge < -0.3 is 0 Å². The molecule has 7 heteroatoms. The van der Waals surface area contributed by atoms with Crippen molar-refractivity contribution in [2.75, 3.05) is 6.26 Å². The molecule has 0 aliphatic carbocycles. The Morgan fingerprint density at radius 1 is 1.04 bits per heavy atom. The largest absolute Gasteiger partial charge is 0.284 e. The Morgan fingerprint density at radius 3 is 2.52 bits per heavy atom. The van der Waals surface area contributed by atoms with Crippen LogP contribution in [0.3, 0.4) is 0 Å². The van der Waals surface area contributed by atoms with E-state index < -0.39 is 16.6 Å².